The maximum atomic E-state index is 10.8. The quantitative estimate of drug-likeness (QED) is 0.206. The van der Waals surface area contributed by atoms with E-state index in [-0.39, 0.29) is 25.4 Å². The first-order chi connectivity index (χ1) is 12.3. The van der Waals surface area contributed by atoms with Crippen LogP contribution in [0.2, 0.25) is 0 Å². The molecule has 6 N–H and O–H groups in total. The Morgan fingerprint density at radius 1 is 0.654 bits per heavy atom. The van der Waals surface area contributed by atoms with E-state index < -0.39 is 30.3 Å². The third kappa shape index (κ3) is 13.0. The van der Waals surface area contributed by atoms with Crippen LogP contribution in [-0.2, 0) is 9.59 Å². The van der Waals surface area contributed by atoms with Gasteiger partial charge in [0.05, 0.1) is 12.7 Å². The molecule has 0 rings (SSSR count). The van der Waals surface area contributed by atoms with Gasteiger partial charge in [-0.15, -0.1) is 0 Å². The summed E-state index contributed by atoms with van der Waals surface area (Å²) in [5, 5.41) is 54.4. The predicted molar refractivity (Wildman–Crippen MR) is 94.7 cm³/mol. The zero-order valence-corrected chi connectivity index (χ0v) is 15.3. The first-order valence-corrected chi connectivity index (χ1v) is 9.38. The van der Waals surface area contributed by atoms with E-state index in [0.717, 1.165) is 44.9 Å². The monoisotopic (exact) mass is 378 g/mol. The van der Waals surface area contributed by atoms with Crippen LogP contribution in [0.4, 0.5) is 0 Å². The fourth-order valence-electron chi connectivity index (χ4n) is 2.95. The fourth-order valence-corrected chi connectivity index (χ4v) is 2.95. The molecule has 0 radical (unpaired) electrons. The van der Waals surface area contributed by atoms with Crippen LogP contribution in [0.5, 0.6) is 0 Å². The van der Waals surface area contributed by atoms with E-state index in [4.69, 9.17) is 15.3 Å². The van der Waals surface area contributed by atoms with Gasteiger partial charge < -0.3 is 30.6 Å². The molecule has 3 unspecified atom stereocenters. The number of carboxylic acids is 2. The molecule has 0 fully saturated rings. The van der Waals surface area contributed by atoms with Crippen molar-refractivity contribution in [1.82, 2.24) is 0 Å². The van der Waals surface area contributed by atoms with Gasteiger partial charge in [0.25, 0.3) is 0 Å². The highest BCUT2D eigenvalue weighted by atomic mass is 16.4. The van der Waals surface area contributed by atoms with Crippen LogP contribution >= 0.6 is 0 Å². The van der Waals surface area contributed by atoms with Gasteiger partial charge in [0.1, 0.15) is 0 Å². The molecule has 0 aromatic rings. The summed E-state index contributed by atoms with van der Waals surface area (Å²) in [4.78, 5) is 21.5. The summed E-state index contributed by atoms with van der Waals surface area (Å²) >= 11 is 0. The van der Waals surface area contributed by atoms with Crippen LogP contribution in [0.3, 0.4) is 0 Å². The summed E-state index contributed by atoms with van der Waals surface area (Å²) in [6.45, 7) is -0.200. The lowest BCUT2D eigenvalue weighted by atomic mass is 9.89. The second-order valence-electron chi connectivity index (χ2n) is 6.93. The summed E-state index contributed by atoms with van der Waals surface area (Å²) in [7, 11) is 0. The van der Waals surface area contributed by atoms with E-state index in [9.17, 15) is 24.9 Å². The highest BCUT2D eigenvalue weighted by Gasteiger charge is 2.24. The molecule has 8 nitrogen and oxygen atoms in total. The topological polar surface area (TPSA) is 156 Å². The van der Waals surface area contributed by atoms with Crippen molar-refractivity contribution in [2.24, 2.45) is 5.92 Å². The second-order valence-corrected chi connectivity index (χ2v) is 6.93. The number of aliphatic carboxylic acids is 2. The zero-order valence-electron chi connectivity index (χ0n) is 15.3. The second kappa shape index (κ2) is 14.9. The number of aliphatic hydroxyl groups excluding tert-OH is 4. The molecular formula is C18H34O8. The van der Waals surface area contributed by atoms with E-state index in [1.54, 1.807) is 0 Å². The largest absolute Gasteiger partial charge is 0.479 e. The summed E-state index contributed by atoms with van der Waals surface area (Å²) in [5.74, 6) is -3.04. The number of hydrogen-bond donors (Lipinski definition) is 6. The van der Waals surface area contributed by atoms with Gasteiger partial charge in [-0.1, -0.05) is 51.4 Å². The molecule has 3 atom stereocenters. The average molecular weight is 378 g/mol. The lowest BCUT2D eigenvalue weighted by Gasteiger charge is -2.20. The Hall–Kier alpha value is -1.22. The molecule has 0 bridgehead atoms. The number of aliphatic hydroxyl groups is 4. The fraction of sp³-hybridized carbons (Fsp3) is 0.889. The molecule has 154 valence electrons. The third-order valence-corrected chi connectivity index (χ3v) is 4.54. The summed E-state index contributed by atoms with van der Waals surface area (Å²) in [5.41, 5.74) is 0. The molecular weight excluding hydrogens is 344 g/mol. The molecule has 26 heavy (non-hydrogen) atoms. The highest BCUT2D eigenvalue weighted by Crippen LogP contribution is 2.22. The smallest absolute Gasteiger partial charge is 0.332 e. The van der Waals surface area contributed by atoms with Gasteiger partial charge in [0.15, 0.2) is 12.2 Å². The Bertz CT molecular complexity index is 365. The van der Waals surface area contributed by atoms with Crippen LogP contribution in [0, 0.1) is 5.92 Å². The molecule has 0 saturated heterocycles. The number of rotatable bonds is 17. The first-order valence-electron chi connectivity index (χ1n) is 9.38. The van der Waals surface area contributed by atoms with Gasteiger partial charge in [-0.05, 0) is 25.2 Å². The van der Waals surface area contributed by atoms with Crippen LogP contribution < -0.4 is 0 Å². The normalized spacial score (nSPS) is 16.0. The van der Waals surface area contributed by atoms with Crippen molar-refractivity contribution >= 4 is 11.9 Å². The van der Waals surface area contributed by atoms with E-state index in [1.165, 1.54) is 0 Å². The number of carboxylic acid groups (broad SMARTS) is 2. The molecule has 0 aliphatic heterocycles. The van der Waals surface area contributed by atoms with Crippen LogP contribution in [0.25, 0.3) is 0 Å². The van der Waals surface area contributed by atoms with Crippen molar-refractivity contribution in [2.75, 3.05) is 6.61 Å². The molecule has 0 spiro atoms. The maximum Gasteiger partial charge on any atom is 0.332 e. The zero-order chi connectivity index (χ0) is 19.9. The Morgan fingerprint density at radius 3 is 1.42 bits per heavy atom. The van der Waals surface area contributed by atoms with Crippen molar-refractivity contribution in [3.05, 3.63) is 0 Å². The van der Waals surface area contributed by atoms with Gasteiger partial charge >= 0.3 is 11.9 Å². The van der Waals surface area contributed by atoms with E-state index in [2.05, 4.69) is 0 Å². The maximum absolute atomic E-state index is 10.8. The van der Waals surface area contributed by atoms with Gasteiger partial charge in [0, 0.05) is 0 Å². The van der Waals surface area contributed by atoms with Crippen molar-refractivity contribution in [3.8, 4) is 0 Å². The lowest BCUT2D eigenvalue weighted by molar-refractivity contribution is -0.149. The predicted octanol–water partition coefficient (Wildman–Crippen LogP) is 1.14. The van der Waals surface area contributed by atoms with Gasteiger partial charge in [-0.25, -0.2) is 9.59 Å². The Balaban J connectivity index is 3.94. The third-order valence-electron chi connectivity index (χ3n) is 4.54. The van der Waals surface area contributed by atoms with Gasteiger partial charge in [-0.2, -0.15) is 0 Å². The molecule has 0 amide bonds. The number of hydrogen-bond acceptors (Lipinski definition) is 6. The summed E-state index contributed by atoms with van der Waals surface area (Å²) in [6, 6.07) is 0. The van der Waals surface area contributed by atoms with E-state index in [0.29, 0.717) is 12.8 Å². The van der Waals surface area contributed by atoms with E-state index >= 15 is 0 Å². The van der Waals surface area contributed by atoms with Crippen LogP contribution in [0.15, 0.2) is 0 Å². The highest BCUT2D eigenvalue weighted by molar-refractivity contribution is 5.72. The molecule has 8 heteroatoms. The minimum absolute atomic E-state index is 0.0626. The first kappa shape index (κ1) is 24.8. The lowest BCUT2D eigenvalue weighted by Crippen LogP contribution is -2.28. The minimum Gasteiger partial charge on any atom is -0.479 e. The average Bonchev–Trinajstić information content (AvgIpc) is 2.59. The molecule has 0 saturated carbocycles. The van der Waals surface area contributed by atoms with Crippen LogP contribution in [0.1, 0.15) is 70.6 Å². The SMILES string of the molecule is O=C(O)C(O)CC(CCCCCCCCCC(O)CO)CC(O)C(=O)O. The molecule has 0 aliphatic rings. The number of unbranched alkanes of at least 4 members (excludes halogenated alkanes) is 6. The van der Waals surface area contributed by atoms with Crippen LogP contribution in [-0.4, -0.2) is 67.5 Å². The van der Waals surface area contributed by atoms with Crippen molar-refractivity contribution in [1.29, 1.82) is 0 Å². The molecule has 0 heterocycles. The van der Waals surface area contributed by atoms with Crippen molar-refractivity contribution < 1.29 is 40.2 Å². The molecule has 0 aliphatic carbocycles. The Labute approximate surface area is 154 Å². The standard InChI is InChI=1S/C18H34O8/c19-12-14(20)9-7-5-3-1-2-4-6-8-13(10-15(21)17(23)24)11-16(22)18(25)26/h13-16,19-22H,1-12H2,(H,23,24)(H,25,26). The Morgan fingerprint density at radius 2 is 1.04 bits per heavy atom. The van der Waals surface area contributed by atoms with E-state index in [1.807, 2.05) is 0 Å². The summed E-state index contributed by atoms with van der Waals surface area (Å²) < 4.78 is 0. The minimum atomic E-state index is -1.55. The molecule has 0 aromatic carbocycles. The molecule has 0 aromatic heterocycles. The van der Waals surface area contributed by atoms with Gasteiger partial charge in [0.2, 0.25) is 0 Å². The van der Waals surface area contributed by atoms with Gasteiger partial charge in [-0.3, -0.25) is 0 Å². The van der Waals surface area contributed by atoms with Crippen molar-refractivity contribution in [2.45, 2.75) is 88.9 Å². The summed E-state index contributed by atoms with van der Waals surface area (Å²) in [6.07, 6.45) is 3.98. The van der Waals surface area contributed by atoms with Crippen molar-refractivity contribution in [3.63, 3.8) is 0 Å². The number of carbonyl (C=O) groups is 2. The Kier molecular flexibility index (Phi) is 14.2.